The van der Waals surface area contributed by atoms with Crippen LogP contribution in [0.15, 0.2) is 12.3 Å². The molecule has 4 saturated heterocycles. The van der Waals surface area contributed by atoms with Crippen molar-refractivity contribution >= 4 is 29.6 Å². The fourth-order valence-electron chi connectivity index (χ4n) is 5.21. The SMILES string of the molecule is N=C1N[C@H]2[C@H](CN3C(=O)CCC3=O)NC(=N)N3C[C@H](NC(=O)c4ccnc(C(F)(F)F)n4)C(O)(O)[C@]23N1. The van der Waals surface area contributed by atoms with Crippen LogP contribution in [0.3, 0.4) is 0 Å². The molecule has 0 bridgehead atoms. The third-order valence-corrected chi connectivity index (χ3v) is 6.88. The van der Waals surface area contributed by atoms with E-state index in [0.29, 0.717) is 0 Å². The summed E-state index contributed by atoms with van der Waals surface area (Å²) < 4.78 is 38.9. The first-order valence-electron chi connectivity index (χ1n) is 11.0. The number of hydrogen-bond donors (Lipinski definition) is 8. The van der Waals surface area contributed by atoms with Crippen molar-refractivity contribution in [1.82, 2.24) is 41.0 Å². The largest absolute Gasteiger partial charge is 0.451 e. The zero-order valence-corrected chi connectivity index (χ0v) is 18.8. The summed E-state index contributed by atoms with van der Waals surface area (Å²) in [6.45, 7) is -0.648. The van der Waals surface area contributed by atoms with E-state index in [0.717, 1.165) is 22.1 Å². The number of halogens is 3. The molecule has 8 N–H and O–H groups in total. The van der Waals surface area contributed by atoms with E-state index in [1.54, 1.807) is 0 Å². The number of rotatable bonds is 4. The van der Waals surface area contributed by atoms with Gasteiger partial charge < -0.3 is 36.4 Å². The lowest BCUT2D eigenvalue weighted by atomic mass is 9.84. The van der Waals surface area contributed by atoms with E-state index in [1.807, 2.05) is 0 Å². The highest BCUT2D eigenvalue weighted by molar-refractivity contribution is 6.02. The Hall–Kier alpha value is -4.06. The average Bonchev–Trinajstić information content (AvgIpc) is 3.41. The predicted octanol–water partition coefficient (Wildman–Crippen LogP) is -3.16. The van der Waals surface area contributed by atoms with Gasteiger partial charge in [-0.15, -0.1) is 0 Å². The van der Waals surface area contributed by atoms with Gasteiger partial charge in [-0.3, -0.25) is 30.1 Å². The highest BCUT2D eigenvalue weighted by Crippen LogP contribution is 2.43. The van der Waals surface area contributed by atoms with Gasteiger partial charge in [0.2, 0.25) is 23.4 Å². The predicted molar refractivity (Wildman–Crippen MR) is 113 cm³/mol. The third-order valence-electron chi connectivity index (χ3n) is 6.88. The molecule has 0 radical (unpaired) electrons. The van der Waals surface area contributed by atoms with Gasteiger partial charge in [-0.1, -0.05) is 0 Å². The molecule has 0 aromatic carbocycles. The van der Waals surface area contributed by atoms with E-state index in [4.69, 9.17) is 10.8 Å². The number of carbonyl (C=O) groups excluding carboxylic acids is 3. The van der Waals surface area contributed by atoms with E-state index >= 15 is 0 Å². The molecule has 0 unspecified atom stereocenters. The molecule has 4 aliphatic rings. The van der Waals surface area contributed by atoms with Gasteiger partial charge in [0.05, 0.1) is 18.6 Å². The summed E-state index contributed by atoms with van der Waals surface area (Å²) in [7, 11) is 0. The van der Waals surface area contributed by atoms with E-state index in [9.17, 15) is 37.8 Å². The maximum atomic E-state index is 13.0. The van der Waals surface area contributed by atoms with Crippen LogP contribution in [-0.4, -0.2) is 102 Å². The monoisotopic (exact) mass is 526 g/mol. The highest BCUT2D eigenvalue weighted by Gasteiger charge is 2.74. The molecule has 5 rings (SSSR count). The number of likely N-dealkylation sites (tertiary alicyclic amines) is 1. The molecule has 198 valence electrons. The minimum atomic E-state index is -4.91. The zero-order valence-electron chi connectivity index (χ0n) is 18.8. The molecule has 0 aliphatic carbocycles. The molecule has 4 fully saturated rings. The number of amides is 3. The molecular weight excluding hydrogens is 505 g/mol. The maximum Gasteiger partial charge on any atom is 0.451 e. The van der Waals surface area contributed by atoms with Crippen molar-refractivity contribution in [3.63, 3.8) is 0 Å². The van der Waals surface area contributed by atoms with Crippen LogP contribution in [0.5, 0.6) is 0 Å². The van der Waals surface area contributed by atoms with Crippen LogP contribution >= 0.6 is 0 Å². The number of alkyl halides is 3. The summed E-state index contributed by atoms with van der Waals surface area (Å²) in [5.41, 5.74) is -2.71. The van der Waals surface area contributed by atoms with Gasteiger partial charge in [0, 0.05) is 25.6 Å². The Morgan fingerprint density at radius 1 is 1.22 bits per heavy atom. The van der Waals surface area contributed by atoms with Gasteiger partial charge in [-0.05, 0) is 6.07 Å². The molecule has 3 amide bonds. The number of hydrogen-bond acceptors (Lipinski definition) is 9. The van der Waals surface area contributed by atoms with Crippen molar-refractivity contribution in [2.75, 3.05) is 13.1 Å². The molecule has 37 heavy (non-hydrogen) atoms. The number of imide groups is 1. The highest BCUT2D eigenvalue weighted by atomic mass is 19.4. The molecule has 15 nitrogen and oxygen atoms in total. The summed E-state index contributed by atoms with van der Waals surface area (Å²) in [5.74, 6) is -7.23. The van der Waals surface area contributed by atoms with Crippen LogP contribution < -0.4 is 21.3 Å². The first kappa shape index (κ1) is 24.6. The molecular formula is C19H21F3N10O5. The van der Waals surface area contributed by atoms with Crippen LogP contribution in [0, 0.1) is 10.8 Å². The van der Waals surface area contributed by atoms with Gasteiger partial charge in [0.1, 0.15) is 11.7 Å². The third kappa shape index (κ3) is 3.62. The maximum absolute atomic E-state index is 13.0. The summed E-state index contributed by atoms with van der Waals surface area (Å²) >= 11 is 0. The first-order valence-corrected chi connectivity index (χ1v) is 11.0. The molecule has 0 saturated carbocycles. The van der Waals surface area contributed by atoms with Crippen LogP contribution in [-0.2, 0) is 15.8 Å². The lowest BCUT2D eigenvalue weighted by molar-refractivity contribution is -0.232. The van der Waals surface area contributed by atoms with Crippen molar-refractivity contribution in [2.24, 2.45) is 0 Å². The van der Waals surface area contributed by atoms with E-state index in [-0.39, 0.29) is 31.3 Å². The Balaban J connectivity index is 1.44. The van der Waals surface area contributed by atoms with Crippen molar-refractivity contribution in [1.29, 1.82) is 10.8 Å². The first-order chi connectivity index (χ1) is 17.3. The second-order valence-electron chi connectivity index (χ2n) is 9.01. The molecule has 4 atom stereocenters. The van der Waals surface area contributed by atoms with E-state index in [2.05, 4.69) is 31.2 Å². The van der Waals surface area contributed by atoms with Crippen molar-refractivity contribution in [2.45, 2.75) is 48.6 Å². The van der Waals surface area contributed by atoms with Crippen LogP contribution in [0.1, 0.15) is 29.2 Å². The Kier molecular flexibility index (Phi) is 5.30. The number of nitrogens with zero attached hydrogens (tertiary/aromatic N) is 4. The molecule has 5 heterocycles. The zero-order chi connectivity index (χ0) is 26.9. The lowest BCUT2D eigenvalue weighted by Gasteiger charge is -2.51. The number of guanidine groups is 2. The summed E-state index contributed by atoms with van der Waals surface area (Å²) in [6.07, 6.45) is -4.15. The van der Waals surface area contributed by atoms with E-state index in [1.165, 1.54) is 0 Å². The minimum Gasteiger partial charge on any atom is -0.361 e. The smallest absolute Gasteiger partial charge is 0.361 e. The van der Waals surface area contributed by atoms with Crippen molar-refractivity contribution < 1.29 is 37.8 Å². The number of carbonyl (C=O) groups is 3. The number of aliphatic hydroxyl groups is 2. The lowest BCUT2D eigenvalue weighted by Crippen LogP contribution is -2.81. The Labute approximate surface area is 205 Å². The van der Waals surface area contributed by atoms with Gasteiger partial charge in [0.15, 0.2) is 17.6 Å². The van der Waals surface area contributed by atoms with Crippen LogP contribution in [0.2, 0.25) is 0 Å². The van der Waals surface area contributed by atoms with Crippen LogP contribution in [0.4, 0.5) is 13.2 Å². The van der Waals surface area contributed by atoms with Crippen molar-refractivity contribution in [3.05, 3.63) is 23.8 Å². The van der Waals surface area contributed by atoms with E-state index < -0.39 is 71.5 Å². The summed E-state index contributed by atoms with van der Waals surface area (Å²) in [5, 5.41) is 49.5. The van der Waals surface area contributed by atoms with Gasteiger partial charge in [-0.25, -0.2) is 9.97 Å². The minimum absolute atomic E-state index is 0.0174. The summed E-state index contributed by atoms with van der Waals surface area (Å²) in [6, 6.07) is -2.72. The molecule has 18 heteroatoms. The number of aromatic nitrogens is 2. The second kappa shape index (κ2) is 7.97. The van der Waals surface area contributed by atoms with Gasteiger partial charge in [-0.2, -0.15) is 13.2 Å². The second-order valence-corrected chi connectivity index (χ2v) is 9.01. The molecule has 1 spiro atoms. The normalized spacial score (nSPS) is 30.5. The van der Waals surface area contributed by atoms with Gasteiger partial charge in [0.25, 0.3) is 5.91 Å². The summed E-state index contributed by atoms with van der Waals surface area (Å²) in [4.78, 5) is 45.4. The molecule has 4 aliphatic heterocycles. The van der Waals surface area contributed by atoms with Crippen LogP contribution in [0.25, 0.3) is 0 Å². The molecule has 1 aromatic heterocycles. The standard InChI is InChI=1S/C19H21F3N10O5/c20-19(21,22)14-25-4-3-7(26-14)13(35)28-9-6-32-16(24)27-8(5-31-10(33)1-2-11(31)34)12-17(32,18(9,36)37)30-15(23)29-12/h3-4,8-9,12,36-37H,1-2,5-6H2,(H2,24,27)(H,28,35)(H3,23,29,30)/t8-,9-,12-,17-/m0/s1. The fourth-order valence-corrected chi connectivity index (χ4v) is 5.21. The van der Waals surface area contributed by atoms with Crippen molar-refractivity contribution in [3.8, 4) is 0 Å². The fraction of sp³-hybridized carbons (Fsp3) is 0.526. The molecule has 1 aromatic rings. The Morgan fingerprint density at radius 3 is 2.54 bits per heavy atom. The van der Waals surface area contributed by atoms with Gasteiger partial charge >= 0.3 is 6.18 Å². The Morgan fingerprint density at radius 2 is 1.89 bits per heavy atom. The average molecular weight is 526 g/mol. The number of nitrogens with one attached hydrogen (secondary N) is 6. The quantitative estimate of drug-likeness (QED) is 0.145. The Bertz CT molecular complexity index is 1210. The topological polar surface area (TPSA) is 220 Å².